The van der Waals surface area contributed by atoms with Gasteiger partial charge in [0.15, 0.2) is 0 Å². The Balaban J connectivity index is 1.69. The molecule has 5 nitrogen and oxygen atoms in total. The van der Waals surface area contributed by atoms with Crippen molar-refractivity contribution in [3.05, 3.63) is 41.6 Å². The largest absolute Gasteiger partial charge is 0.473 e. The summed E-state index contributed by atoms with van der Waals surface area (Å²) in [7, 11) is 0. The molecule has 4 rings (SSSR count). The van der Waals surface area contributed by atoms with Crippen LogP contribution in [-0.2, 0) is 9.53 Å². The number of benzene rings is 1. The number of hydrogen-bond acceptors (Lipinski definition) is 3. The summed E-state index contributed by atoms with van der Waals surface area (Å²) in [4.78, 5) is 15.1. The van der Waals surface area contributed by atoms with Gasteiger partial charge in [-0.05, 0) is 36.4 Å². The number of aromatic amines is 1. The second kappa shape index (κ2) is 4.23. The molecule has 1 aliphatic carbocycles. The normalized spacial score (nSPS) is 20.3. The first-order chi connectivity index (χ1) is 9.79. The molecule has 0 spiro atoms. The summed E-state index contributed by atoms with van der Waals surface area (Å²) < 4.78 is 5.64. The van der Waals surface area contributed by atoms with Crippen LogP contribution in [0.3, 0.4) is 0 Å². The molecule has 2 N–H and O–H groups in total. The minimum Gasteiger partial charge on any atom is -0.473 e. The zero-order valence-corrected chi connectivity index (χ0v) is 10.7. The van der Waals surface area contributed by atoms with Crippen molar-refractivity contribution in [2.45, 2.75) is 18.9 Å². The van der Waals surface area contributed by atoms with Gasteiger partial charge in [-0.2, -0.15) is 0 Å². The van der Waals surface area contributed by atoms with Gasteiger partial charge in [0.1, 0.15) is 11.7 Å². The Bertz CT molecular complexity index is 720. The molecule has 1 amide bonds. The molecule has 1 aliphatic heterocycles. The Morgan fingerprint density at radius 1 is 1.30 bits per heavy atom. The fourth-order valence-corrected chi connectivity index (χ4v) is 2.21. The average molecular weight is 267 g/mol. The molecule has 0 saturated heterocycles. The van der Waals surface area contributed by atoms with Gasteiger partial charge in [-0.1, -0.05) is 18.2 Å². The number of aromatic nitrogens is 1. The van der Waals surface area contributed by atoms with Gasteiger partial charge in [0.05, 0.1) is 0 Å². The summed E-state index contributed by atoms with van der Waals surface area (Å²) in [6, 6.07) is 9.99. The Morgan fingerprint density at radius 2 is 2.15 bits per heavy atom. The first-order valence-electron chi connectivity index (χ1n) is 6.64. The van der Waals surface area contributed by atoms with Crippen LogP contribution in [0.1, 0.15) is 18.5 Å². The number of para-hydroxylation sites is 1. The van der Waals surface area contributed by atoms with E-state index in [2.05, 4.69) is 15.5 Å². The van der Waals surface area contributed by atoms with Gasteiger partial charge < -0.3 is 9.72 Å². The summed E-state index contributed by atoms with van der Waals surface area (Å²) in [5.74, 6) is 0.176. The fourth-order valence-electron chi connectivity index (χ4n) is 2.21. The first-order valence-corrected chi connectivity index (χ1v) is 6.64. The summed E-state index contributed by atoms with van der Waals surface area (Å²) in [6.45, 7) is 0. The molecule has 1 aromatic carbocycles. The van der Waals surface area contributed by atoms with Gasteiger partial charge in [0, 0.05) is 11.2 Å². The molecule has 2 heterocycles. The summed E-state index contributed by atoms with van der Waals surface area (Å²) in [5.41, 5.74) is 4.83. The predicted molar refractivity (Wildman–Crippen MR) is 76.0 cm³/mol. The molecule has 2 aromatic rings. The summed E-state index contributed by atoms with van der Waals surface area (Å²) >= 11 is 0. The molecular formula is C15H13N3O2. The smallest absolute Gasteiger partial charge is 0.277 e. The lowest BCUT2D eigenvalue weighted by atomic mass is 10.2. The molecule has 20 heavy (non-hydrogen) atoms. The van der Waals surface area contributed by atoms with E-state index in [-0.39, 0.29) is 12.0 Å². The Kier molecular flexibility index (Phi) is 2.39. The van der Waals surface area contributed by atoms with E-state index in [1.807, 2.05) is 30.3 Å². The van der Waals surface area contributed by atoms with Crippen LogP contribution < -0.4 is 5.43 Å². The number of fused-ring (bicyclic) bond motifs is 1. The molecular weight excluding hydrogens is 254 g/mol. The van der Waals surface area contributed by atoms with E-state index in [0.717, 1.165) is 29.4 Å². The number of nitrogens with one attached hydrogen (secondary N) is 2. The Labute approximate surface area is 115 Å². The predicted octanol–water partition coefficient (Wildman–Crippen LogP) is 2.17. The number of carbonyl (C=O) groups excluding carboxylic acids is 1. The Morgan fingerprint density at radius 3 is 2.95 bits per heavy atom. The van der Waals surface area contributed by atoms with E-state index < -0.39 is 0 Å². The molecule has 1 saturated carbocycles. The SMILES string of the molecule is O=C1NN=C(OC2CC2)/C1=C\c1cc2ccccc2[nH]1. The van der Waals surface area contributed by atoms with Gasteiger partial charge in [0.2, 0.25) is 5.90 Å². The third kappa shape index (κ3) is 1.97. The molecule has 0 radical (unpaired) electrons. The van der Waals surface area contributed by atoms with E-state index >= 15 is 0 Å². The van der Waals surface area contributed by atoms with Crippen LogP contribution in [0.15, 0.2) is 41.0 Å². The van der Waals surface area contributed by atoms with Gasteiger partial charge in [-0.15, -0.1) is 5.10 Å². The van der Waals surface area contributed by atoms with Gasteiger partial charge >= 0.3 is 0 Å². The lowest BCUT2D eigenvalue weighted by molar-refractivity contribution is -0.116. The number of hydrogen-bond donors (Lipinski definition) is 2. The zero-order chi connectivity index (χ0) is 13.5. The number of nitrogens with zero attached hydrogens (tertiary/aromatic N) is 1. The third-order valence-corrected chi connectivity index (χ3v) is 3.39. The molecule has 0 bridgehead atoms. The maximum absolute atomic E-state index is 11.8. The van der Waals surface area contributed by atoms with E-state index in [0.29, 0.717) is 11.5 Å². The van der Waals surface area contributed by atoms with Crippen molar-refractivity contribution in [3.63, 3.8) is 0 Å². The van der Waals surface area contributed by atoms with Crippen molar-refractivity contribution in [2.24, 2.45) is 5.10 Å². The standard InChI is InChI=1S/C15H13N3O2/c19-14-12(15(18-17-14)20-11-5-6-11)8-10-7-9-3-1-2-4-13(9)16-10/h1-4,7-8,11,16H,5-6H2,(H,17,19)/b12-8-. The lowest BCUT2D eigenvalue weighted by Crippen LogP contribution is -2.14. The number of rotatable bonds is 2. The summed E-state index contributed by atoms with van der Waals surface area (Å²) in [6.07, 6.45) is 4.07. The van der Waals surface area contributed by atoms with E-state index in [9.17, 15) is 4.79 Å². The second-order valence-corrected chi connectivity index (χ2v) is 5.05. The van der Waals surface area contributed by atoms with Crippen LogP contribution in [0.5, 0.6) is 0 Å². The molecule has 100 valence electrons. The molecule has 2 aliphatic rings. The lowest BCUT2D eigenvalue weighted by Gasteiger charge is -2.02. The van der Waals surface area contributed by atoms with Crippen LogP contribution in [0.4, 0.5) is 0 Å². The third-order valence-electron chi connectivity index (χ3n) is 3.39. The Hall–Kier alpha value is -2.56. The van der Waals surface area contributed by atoms with Gasteiger partial charge in [0.25, 0.3) is 5.91 Å². The minimum absolute atomic E-state index is 0.215. The van der Waals surface area contributed by atoms with Crippen LogP contribution in [0.25, 0.3) is 17.0 Å². The van der Waals surface area contributed by atoms with Crippen LogP contribution in [0.2, 0.25) is 0 Å². The molecule has 5 heteroatoms. The van der Waals surface area contributed by atoms with Crippen molar-refractivity contribution in [3.8, 4) is 0 Å². The highest BCUT2D eigenvalue weighted by Gasteiger charge is 2.31. The molecule has 0 atom stereocenters. The van der Waals surface area contributed by atoms with Crippen molar-refractivity contribution < 1.29 is 9.53 Å². The van der Waals surface area contributed by atoms with E-state index in [4.69, 9.17) is 4.74 Å². The van der Waals surface area contributed by atoms with Crippen molar-refractivity contribution in [1.82, 2.24) is 10.4 Å². The fraction of sp³-hybridized carbons (Fsp3) is 0.200. The van der Waals surface area contributed by atoms with E-state index in [1.165, 1.54) is 0 Å². The number of amides is 1. The quantitative estimate of drug-likeness (QED) is 0.819. The monoisotopic (exact) mass is 267 g/mol. The number of H-pyrrole nitrogens is 1. The summed E-state index contributed by atoms with van der Waals surface area (Å²) in [5, 5.41) is 5.05. The van der Waals surface area contributed by atoms with Crippen LogP contribution >= 0.6 is 0 Å². The number of ether oxygens (including phenoxy) is 1. The highest BCUT2D eigenvalue weighted by molar-refractivity contribution is 6.24. The average Bonchev–Trinajstić information content (AvgIpc) is 3.07. The van der Waals surface area contributed by atoms with Crippen LogP contribution in [-0.4, -0.2) is 22.9 Å². The van der Waals surface area contributed by atoms with Crippen molar-refractivity contribution in [2.75, 3.05) is 0 Å². The molecule has 1 fully saturated rings. The maximum atomic E-state index is 11.8. The van der Waals surface area contributed by atoms with Crippen molar-refractivity contribution >= 4 is 28.8 Å². The zero-order valence-electron chi connectivity index (χ0n) is 10.7. The second-order valence-electron chi connectivity index (χ2n) is 5.05. The van der Waals surface area contributed by atoms with Crippen molar-refractivity contribution in [1.29, 1.82) is 0 Å². The number of hydrazone groups is 1. The van der Waals surface area contributed by atoms with Gasteiger partial charge in [-0.25, -0.2) is 5.43 Å². The highest BCUT2D eigenvalue weighted by Crippen LogP contribution is 2.26. The van der Waals surface area contributed by atoms with E-state index in [1.54, 1.807) is 6.08 Å². The molecule has 0 unspecified atom stereocenters. The topological polar surface area (TPSA) is 66.5 Å². The van der Waals surface area contributed by atoms with Gasteiger partial charge in [-0.3, -0.25) is 4.79 Å². The first kappa shape index (κ1) is 11.3. The maximum Gasteiger partial charge on any atom is 0.277 e. The number of carbonyl (C=O) groups is 1. The van der Waals surface area contributed by atoms with Crippen LogP contribution in [0, 0.1) is 0 Å². The minimum atomic E-state index is -0.223. The highest BCUT2D eigenvalue weighted by atomic mass is 16.5. The molecule has 1 aromatic heterocycles.